The first-order valence-electron chi connectivity index (χ1n) is 5.76. The molecule has 20 heavy (non-hydrogen) atoms. The summed E-state index contributed by atoms with van der Waals surface area (Å²) in [7, 11) is 0. The summed E-state index contributed by atoms with van der Waals surface area (Å²) in [5.41, 5.74) is 0.658. The number of rotatable bonds is 1. The third kappa shape index (κ3) is 4.17. The highest BCUT2D eigenvalue weighted by Crippen LogP contribution is 2.17. The number of carbonyl (C=O) groups is 1. The molecule has 104 valence electrons. The highest BCUT2D eigenvalue weighted by molar-refractivity contribution is 6.29. The smallest absolute Gasteiger partial charge is 0.407 e. The summed E-state index contributed by atoms with van der Waals surface area (Å²) in [6.45, 7) is 0.284. The van der Waals surface area contributed by atoms with Crippen LogP contribution >= 0.6 is 11.6 Å². The number of alkyl carbamates (subject to hydrolysis) is 1. The standard InChI is InChI=1S/C7H6ClN3O2.C6H5F/c8-6-1-4(9-3-10-6)5-2-13-7(12)11-5;7-6-4-2-1-3-5-6/h1,3,5H,2H2,(H,11,12);1-5H. The maximum Gasteiger partial charge on any atom is 0.407 e. The summed E-state index contributed by atoms with van der Waals surface area (Å²) < 4.78 is 16.6. The minimum absolute atomic E-state index is 0.178. The van der Waals surface area contributed by atoms with E-state index in [1.54, 1.807) is 24.3 Å². The third-order valence-electron chi connectivity index (χ3n) is 2.42. The molecule has 7 heteroatoms. The molecule has 1 aromatic carbocycles. The molecule has 3 rings (SSSR count). The summed E-state index contributed by atoms with van der Waals surface area (Å²) in [6.07, 6.45) is 0.919. The van der Waals surface area contributed by atoms with E-state index < -0.39 is 6.09 Å². The van der Waals surface area contributed by atoms with E-state index in [2.05, 4.69) is 15.3 Å². The Morgan fingerprint density at radius 2 is 2.05 bits per heavy atom. The van der Waals surface area contributed by atoms with E-state index in [1.807, 2.05) is 0 Å². The van der Waals surface area contributed by atoms with Crippen molar-refractivity contribution < 1.29 is 13.9 Å². The number of ether oxygens (including phenoxy) is 1. The van der Waals surface area contributed by atoms with Gasteiger partial charge in [0.05, 0.1) is 5.69 Å². The van der Waals surface area contributed by atoms with Gasteiger partial charge in [-0.3, -0.25) is 0 Å². The molecule has 1 fully saturated rings. The van der Waals surface area contributed by atoms with Crippen LogP contribution in [0.2, 0.25) is 5.15 Å². The highest BCUT2D eigenvalue weighted by atomic mass is 35.5. The molecule has 5 nitrogen and oxygen atoms in total. The Balaban J connectivity index is 0.000000178. The van der Waals surface area contributed by atoms with Crippen LogP contribution in [0.1, 0.15) is 11.7 Å². The van der Waals surface area contributed by atoms with Crippen LogP contribution in [-0.4, -0.2) is 22.7 Å². The number of halogens is 2. The van der Waals surface area contributed by atoms with Gasteiger partial charge in [0.1, 0.15) is 29.9 Å². The van der Waals surface area contributed by atoms with Crippen molar-refractivity contribution in [1.29, 1.82) is 0 Å². The van der Waals surface area contributed by atoms with Crippen molar-refractivity contribution in [1.82, 2.24) is 15.3 Å². The van der Waals surface area contributed by atoms with E-state index in [1.165, 1.54) is 18.5 Å². The quantitative estimate of drug-likeness (QED) is 0.822. The Bertz CT molecular complexity index is 583. The molecule has 1 saturated heterocycles. The number of nitrogens with one attached hydrogen (secondary N) is 1. The third-order valence-corrected chi connectivity index (χ3v) is 2.62. The molecule has 2 aromatic rings. The summed E-state index contributed by atoms with van der Waals surface area (Å²) in [6, 6.07) is 9.32. The van der Waals surface area contributed by atoms with Crippen molar-refractivity contribution in [3.8, 4) is 0 Å². The number of cyclic esters (lactones) is 1. The number of nitrogens with zero attached hydrogens (tertiary/aromatic N) is 2. The topological polar surface area (TPSA) is 64.1 Å². The van der Waals surface area contributed by atoms with Gasteiger partial charge in [-0.25, -0.2) is 19.2 Å². The van der Waals surface area contributed by atoms with Gasteiger partial charge in [0.2, 0.25) is 0 Å². The Labute approximate surface area is 119 Å². The largest absolute Gasteiger partial charge is 0.447 e. The predicted molar refractivity (Wildman–Crippen MR) is 70.7 cm³/mol. The fourth-order valence-electron chi connectivity index (χ4n) is 1.50. The minimum Gasteiger partial charge on any atom is -0.447 e. The lowest BCUT2D eigenvalue weighted by molar-refractivity contribution is 0.177. The lowest BCUT2D eigenvalue weighted by Crippen LogP contribution is -2.19. The molecule has 0 aliphatic carbocycles. The second kappa shape index (κ2) is 6.81. The summed E-state index contributed by atoms with van der Waals surface area (Å²) in [4.78, 5) is 18.4. The average molecular weight is 296 g/mol. The van der Waals surface area contributed by atoms with Gasteiger partial charge >= 0.3 is 6.09 Å². The second-order valence-electron chi connectivity index (χ2n) is 3.86. The molecular formula is C13H11ClFN3O2. The highest BCUT2D eigenvalue weighted by Gasteiger charge is 2.24. The summed E-state index contributed by atoms with van der Waals surface area (Å²) >= 11 is 5.66. The van der Waals surface area contributed by atoms with E-state index in [-0.39, 0.29) is 18.5 Å². The second-order valence-corrected chi connectivity index (χ2v) is 4.24. The molecule has 0 bridgehead atoms. The molecule has 1 N–H and O–H groups in total. The fourth-order valence-corrected chi connectivity index (χ4v) is 1.65. The molecule has 0 saturated carbocycles. The Morgan fingerprint density at radius 3 is 2.55 bits per heavy atom. The van der Waals surface area contributed by atoms with Crippen LogP contribution in [0.5, 0.6) is 0 Å². The fraction of sp³-hybridized carbons (Fsp3) is 0.154. The van der Waals surface area contributed by atoms with Crippen molar-refractivity contribution in [2.24, 2.45) is 0 Å². The zero-order valence-corrected chi connectivity index (χ0v) is 11.0. The molecule has 1 aliphatic rings. The van der Waals surface area contributed by atoms with Gasteiger partial charge in [-0.05, 0) is 18.2 Å². The molecule has 1 unspecified atom stereocenters. The molecule has 0 spiro atoms. The van der Waals surface area contributed by atoms with Gasteiger partial charge in [0.15, 0.2) is 0 Å². The zero-order chi connectivity index (χ0) is 14.4. The van der Waals surface area contributed by atoms with E-state index in [4.69, 9.17) is 16.3 Å². The van der Waals surface area contributed by atoms with Crippen LogP contribution < -0.4 is 5.32 Å². The van der Waals surface area contributed by atoms with E-state index in [0.29, 0.717) is 10.8 Å². The van der Waals surface area contributed by atoms with Crippen molar-refractivity contribution in [3.63, 3.8) is 0 Å². The summed E-state index contributed by atoms with van der Waals surface area (Å²) in [5.74, 6) is -0.178. The van der Waals surface area contributed by atoms with Crippen LogP contribution in [-0.2, 0) is 4.74 Å². The Kier molecular flexibility index (Phi) is 4.84. The van der Waals surface area contributed by atoms with Crippen molar-refractivity contribution in [3.05, 3.63) is 59.4 Å². The first-order valence-corrected chi connectivity index (χ1v) is 6.14. The summed E-state index contributed by atoms with van der Waals surface area (Å²) in [5, 5.41) is 2.94. The van der Waals surface area contributed by atoms with Crippen molar-refractivity contribution in [2.45, 2.75) is 6.04 Å². The number of hydrogen-bond donors (Lipinski definition) is 1. The Hall–Kier alpha value is -2.21. The van der Waals surface area contributed by atoms with Crippen LogP contribution in [0, 0.1) is 5.82 Å². The molecule has 1 atom stereocenters. The number of hydrogen-bond acceptors (Lipinski definition) is 4. The molecule has 0 radical (unpaired) electrons. The normalized spacial score (nSPS) is 16.7. The van der Waals surface area contributed by atoms with E-state index in [9.17, 15) is 9.18 Å². The zero-order valence-electron chi connectivity index (χ0n) is 10.3. The van der Waals surface area contributed by atoms with Crippen molar-refractivity contribution >= 4 is 17.7 Å². The van der Waals surface area contributed by atoms with Crippen LogP contribution in [0.15, 0.2) is 42.7 Å². The lowest BCUT2D eigenvalue weighted by atomic mass is 10.2. The van der Waals surface area contributed by atoms with E-state index in [0.717, 1.165) is 0 Å². The van der Waals surface area contributed by atoms with Gasteiger partial charge < -0.3 is 10.1 Å². The number of aromatic nitrogens is 2. The molecule has 1 amide bonds. The monoisotopic (exact) mass is 295 g/mol. The molecule has 2 heterocycles. The van der Waals surface area contributed by atoms with Crippen molar-refractivity contribution in [2.75, 3.05) is 6.61 Å². The maximum absolute atomic E-state index is 11.9. The molecular weight excluding hydrogens is 285 g/mol. The van der Waals surface area contributed by atoms with Crippen LogP contribution in [0.25, 0.3) is 0 Å². The first-order chi connectivity index (χ1) is 9.65. The predicted octanol–water partition coefficient (Wildman–Crippen LogP) is 2.74. The van der Waals surface area contributed by atoms with Gasteiger partial charge in [0.25, 0.3) is 0 Å². The number of carbonyl (C=O) groups excluding carboxylic acids is 1. The van der Waals surface area contributed by atoms with Crippen LogP contribution in [0.3, 0.4) is 0 Å². The molecule has 1 aromatic heterocycles. The number of benzene rings is 1. The van der Waals surface area contributed by atoms with Gasteiger partial charge in [-0.15, -0.1) is 0 Å². The van der Waals surface area contributed by atoms with E-state index >= 15 is 0 Å². The van der Waals surface area contributed by atoms with Gasteiger partial charge in [0, 0.05) is 0 Å². The Morgan fingerprint density at radius 1 is 1.30 bits per heavy atom. The van der Waals surface area contributed by atoms with Gasteiger partial charge in [-0.1, -0.05) is 29.8 Å². The minimum atomic E-state index is -0.431. The number of amides is 1. The lowest BCUT2D eigenvalue weighted by Gasteiger charge is -2.04. The van der Waals surface area contributed by atoms with Crippen LogP contribution in [0.4, 0.5) is 9.18 Å². The maximum atomic E-state index is 11.9. The SMILES string of the molecule is Fc1ccccc1.O=C1NC(c2cc(Cl)ncn2)CO1. The average Bonchev–Trinajstić information content (AvgIpc) is 2.87. The first kappa shape index (κ1) is 14.2. The van der Waals surface area contributed by atoms with Gasteiger partial charge in [-0.2, -0.15) is 0 Å². The molecule has 1 aliphatic heterocycles.